The van der Waals surface area contributed by atoms with Crippen molar-refractivity contribution in [2.24, 2.45) is 5.11 Å². The van der Waals surface area contributed by atoms with Gasteiger partial charge in [-0.3, -0.25) is 0 Å². The van der Waals surface area contributed by atoms with Crippen molar-refractivity contribution >= 4 is 18.9 Å². The zero-order valence-corrected chi connectivity index (χ0v) is 2.58. The van der Waals surface area contributed by atoms with E-state index in [2.05, 4.69) is 0 Å². The number of halogens is 3. The van der Waals surface area contributed by atoms with Gasteiger partial charge in [0.1, 0.15) is 0 Å². The molecule has 0 aliphatic heterocycles. The Balaban J connectivity index is 0. The molecule has 0 aromatic rings. The molecule has 0 atom stereocenters. The van der Waals surface area contributed by atoms with Gasteiger partial charge in [-0.05, 0) is 0 Å². The van der Waals surface area contributed by atoms with Crippen molar-refractivity contribution in [1.82, 2.24) is 0 Å². The maximum atomic E-state index is 10.4. The monoisotopic (exact) mass is 106 g/mol. The molecule has 0 fully saturated rings. The summed E-state index contributed by atoms with van der Waals surface area (Å²) < 4.78 is 31.3. The summed E-state index contributed by atoms with van der Waals surface area (Å²) in [4.78, 5) is 0. The molecule has 0 aromatic carbocycles. The van der Waals surface area contributed by atoms with Crippen molar-refractivity contribution in [3.8, 4) is 0 Å². The maximum absolute atomic E-state index is 10.4. The summed E-state index contributed by atoms with van der Waals surface area (Å²) in [6.45, 7) is 0. The fraction of sp³-hybridized carbons (Fsp3) is 1.00. The summed E-state index contributed by atoms with van der Waals surface area (Å²) >= 11 is 0. The molecule has 38 valence electrons. The zero-order valence-electron chi connectivity index (χ0n) is 2.58. The van der Waals surface area contributed by atoms with E-state index >= 15 is 0 Å². The first-order chi connectivity index (χ1) is 2.56. The van der Waals surface area contributed by atoms with E-state index in [9.17, 15) is 13.2 Å². The van der Waals surface area contributed by atoms with Crippen molar-refractivity contribution in [2.75, 3.05) is 0 Å². The van der Waals surface area contributed by atoms with Crippen molar-refractivity contribution in [3.05, 3.63) is 0 Å². The molecule has 0 rings (SSSR count). The Morgan fingerprint density at radius 3 is 1.43 bits per heavy atom. The number of nitrogens with zero attached hydrogens (tertiary/aromatic N) is 1. The molecule has 2 nitrogen and oxygen atoms in total. The standard InChI is InChI=1S/CHF3N2.Li.H/c2-1(3,4)6-5;;/h5H;;. The van der Waals surface area contributed by atoms with Gasteiger partial charge in [-0.2, -0.15) is 0 Å². The average Bonchev–Trinajstić information content (AvgIpc) is 1.35. The SMILES string of the molecule is N=NC(F)(F)F.[LiH]. The van der Waals surface area contributed by atoms with Crippen LogP contribution in [-0.2, 0) is 0 Å². The Bertz CT molecular complexity index is 58.4. The summed E-state index contributed by atoms with van der Waals surface area (Å²) in [5.41, 5.74) is 5.35. The summed E-state index contributed by atoms with van der Waals surface area (Å²) in [5.74, 6) is 0. The molecule has 1 N–H and O–H groups in total. The minimum absolute atomic E-state index is 0. The first kappa shape index (κ1) is 10.1. The Labute approximate surface area is 49.8 Å². The second-order valence-electron chi connectivity index (χ2n) is 0.580. The summed E-state index contributed by atoms with van der Waals surface area (Å²) in [5, 5.41) is 1.27. The van der Waals surface area contributed by atoms with Gasteiger partial charge in [-0.1, -0.05) is 5.11 Å². The normalized spacial score (nSPS) is 9.57. The summed E-state index contributed by atoms with van der Waals surface area (Å²) in [6.07, 6.45) is -4.67. The van der Waals surface area contributed by atoms with E-state index in [1.54, 1.807) is 0 Å². The van der Waals surface area contributed by atoms with E-state index in [-0.39, 0.29) is 18.9 Å². The van der Waals surface area contributed by atoms with Crippen molar-refractivity contribution in [1.29, 1.82) is 5.53 Å². The van der Waals surface area contributed by atoms with Crippen molar-refractivity contribution < 1.29 is 13.2 Å². The number of nitrogens with one attached hydrogen (secondary N) is 1. The molecular weight excluding hydrogens is 104 g/mol. The van der Waals surface area contributed by atoms with Crippen LogP contribution in [0.25, 0.3) is 0 Å². The molecule has 0 heterocycles. The third-order valence-electron chi connectivity index (χ3n) is 0.127. The van der Waals surface area contributed by atoms with Crippen LogP contribution in [-0.4, -0.2) is 25.2 Å². The van der Waals surface area contributed by atoms with Crippen LogP contribution in [0.15, 0.2) is 5.11 Å². The zero-order chi connectivity index (χ0) is 5.21. The predicted molar refractivity (Wildman–Crippen MR) is 18.4 cm³/mol. The molecule has 0 saturated carbocycles. The van der Waals surface area contributed by atoms with Crippen LogP contribution >= 0.6 is 0 Å². The van der Waals surface area contributed by atoms with Gasteiger partial charge in [0.2, 0.25) is 0 Å². The first-order valence-corrected chi connectivity index (χ1v) is 1.01. The Morgan fingerprint density at radius 1 is 1.29 bits per heavy atom. The van der Waals surface area contributed by atoms with Crippen LogP contribution in [0.5, 0.6) is 0 Å². The van der Waals surface area contributed by atoms with Crippen LogP contribution in [0.3, 0.4) is 0 Å². The molecule has 0 radical (unpaired) electrons. The van der Waals surface area contributed by atoms with E-state index in [1.165, 1.54) is 5.11 Å². The van der Waals surface area contributed by atoms with Gasteiger partial charge >= 0.3 is 25.2 Å². The third-order valence-corrected chi connectivity index (χ3v) is 0.127. The van der Waals surface area contributed by atoms with Gasteiger partial charge in [0.25, 0.3) is 0 Å². The van der Waals surface area contributed by atoms with Gasteiger partial charge < -0.3 is 0 Å². The topological polar surface area (TPSA) is 36.2 Å². The predicted octanol–water partition coefficient (Wildman–Crippen LogP) is 0.889. The van der Waals surface area contributed by atoms with E-state index in [0.717, 1.165) is 0 Å². The fourth-order valence-corrected chi connectivity index (χ4v) is 0. The van der Waals surface area contributed by atoms with Crippen LogP contribution in [0.2, 0.25) is 0 Å². The fourth-order valence-electron chi connectivity index (χ4n) is 0. The van der Waals surface area contributed by atoms with E-state index < -0.39 is 6.30 Å². The average molecular weight is 106 g/mol. The number of hydrogen-bond donors (Lipinski definition) is 1. The van der Waals surface area contributed by atoms with Gasteiger partial charge in [0.05, 0.1) is 0 Å². The number of rotatable bonds is 0. The molecule has 0 amide bonds. The van der Waals surface area contributed by atoms with Gasteiger partial charge in [-0.25, -0.2) is 5.53 Å². The van der Waals surface area contributed by atoms with Crippen LogP contribution < -0.4 is 0 Å². The van der Waals surface area contributed by atoms with Crippen LogP contribution in [0, 0.1) is 5.53 Å². The Morgan fingerprint density at radius 2 is 1.43 bits per heavy atom. The van der Waals surface area contributed by atoms with Crippen LogP contribution in [0.1, 0.15) is 0 Å². The van der Waals surface area contributed by atoms with E-state index in [1.807, 2.05) is 0 Å². The van der Waals surface area contributed by atoms with Crippen molar-refractivity contribution in [3.63, 3.8) is 0 Å². The van der Waals surface area contributed by atoms with Gasteiger partial charge in [-0.15, -0.1) is 13.2 Å². The molecular formula is CH2F3LiN2. The molecule has 0 saturated heterocycles. The second kappa shape index (κ2) is 3.05. The molecule has 7 heavy (non-hydrogen) atoms. The van der Waals surface area contributed by atoms with E-state index in [0.29, 0.717) is 0 Å². The molecule has 0 aromatic heterocycles. The Kier molecular flexibility index (Phi) is 4.39. The molecule has 6 heteroatoms. The summed E-state index contributed by atoms with van der Waals surface area (Å²) in [6, 6.07) is 0. The molecule has 0 aliphatic carbocycles. The van der Waals surface area contributed by atoms with Gasteiger partial charge in [0, 0.05) is 0 Å². The number of alkyl halides is 3. The van der Waals surface area contributed by atoms with Crippen LogP contribution in [0.4, 0.5) is 13.2 Å². The first-order valence-electron chi connectivity index (χ1n) is 1.01. The molecule has 0 spiro atoms. The minimum atomic E-state index is -4.67. The van der Waals surface area contributed by atoms with Gasteiger partial charge in [0.15, 0.2) is 0 Å². The number of hydrogen-bond acceptors (Lipinski definition) is 2. The second-order valence-corrected chi connectivity index (χ2v) is 0.580. The molecule has 0 aliphatic rings. The Hall–Kier alpha value is -0.0126. The van der Waals surface area contributed by atoms with E-state index in [4.69, 9.17) is 5.53 Å². The third kappa shape index (κ3) is 10.7. The molecule has 0 bridgehead atoms. The quantitative estimate of drug-likeness (QED) is 0.270. The molecule has 0 unspecified atom stereocenters. The van der Waals surface area contributed by atoms with Crippen molar-refractivity contribution in [2.45, 2.75) is 6.30 Å². The summed E-state index contributed by atoms with van der Waals surface area (Å²) in [7, 11) is 0.